The molecule has 1 aromatic carbocycles. The number of thiophene rings is 1. The molecular formula is C17H15ClN2O5S3. The van der Waals surface area contributed by atoms with Gasteiger partial charge in [-0.15, -0.1) is 11.3 Å². The Labute approximate surface area is 173 Å². The molecule has 28 heavy (non-hydrogen) atoms. The van der Waals surface area contributed by atoms with Crippen LogP contribution in [-0.4, -0.2) is 37.7 Å². The van der Waals surface area contributed by atoms with Crippen molar-refractivity contribution in [3.8, 4) is 0 Å². The molecule has 0 aliphatic carbocycles. The predicted octanol–water partition coefficient (Wildman–Crippen LogP) is 3.13. The van der Waals surface area contributed by atoms with Crippen LogP contribution in [0.3, 0.4) is 0 Å². The number of amides is 1. The van der Waals surface area contributed by atoms with Gasteiger partial charge in [-0.05, 0) is 37.3 Å². The standard InChI is InChI=1S/C17H15ClN2O5S3/c1-3-25-15(21)9-20-11-5-4-10(28(2,23)24)8-13(11)27-17(20)19-16(22)12-6-7-14(18)26-12/h4-8H,3,9H2,1-2H3. The fraction of sp³-hybridized carbons (Fsp3) is 0.235. The number of ether oxygens (including phenoxy) is 1. The van der Waals surface area contributed by atoms with E-state index in [0.717, 1.165) is 28.9 Å². The first-order chi connectivity index (χ1) is 13.2. The van der Waals surface area contributed by atoms with Crippen molar-refractivity contribution in [2.24, 2.45) is 4.99 Å². The number of hydrogen-bond donors (Lipinski definition) is 0. The second kappa shape index (κ2) is 8.16. The van der Waals surface area contributed by atoms with Crippen LogP contribution in [0.2, 0.25) is 4.34 Å². The minimum atomic E-state index is -3.40. The number of rotatable bonds is 5. The molecule has 2 heterocycles. The summed E-state index contributed by atoms with van der Waals surface area (Å²) in [6, 6.07) is 7.72. The van der Waals surface area contributed by atoms with Gasteiger partial charge in [-0.25, -0.2) is 8.42 Å². The molecule has 11 heteroatoms. The van der Waals surface area contributed by atoms with E-state index in [1.54, 1.807) is 25.1 Å². The molecule has 0 aliphatic heterocycles. The van der Waals surface area contributed by atoms with Gasteiger partial charge in [0.2, 0.25) is 0 Å². The van der Waals surface area contributed by atoms with Crippen molar-refractivity contribution in [3.05, 3.63) is 44.3 Å². The van der Waals surface area contributed by atoms with Gasteiger partial charge in [0.25, 0.3) is 5.91 Å². The molecule has 0 saturated carbocycles. The summed E-state index contributed by atoms with van der Waals surface area (Å²) >= 11 is 8.09. The third-order valence-corrected chi connectivity index (χ3v) is 7.03. The Kier molecular flexibility index (Phi) is 6.04. The van der Waals surface area contributed by atoms with Gasteiger partial charge in [-0.1, -0.05) is 22.9 Å². The summed E-state index contributed by atoms with van der Waals surface area (Å²) in [4.78, 5) is 29.4. The highest BCUT2D eigenvalue weighted by molar-refractivity contribution is 7.90. The van der Waals surface area contributed by atoms with Crippen molar-refractivity contribution in [2.45, 2.75) is 18.4 Å². The van der Waals surface area contributed by atoms with Crippen molar-refractivity contribution < 1.29 is 22.7 Å². The van der Waals surface area contributed by atoms with Crippen LogP contribution in [0.1, 0.15) is 16.6 Å². The quantitative estimate of drug-likeness (QED) is 0.547. The van der Waals surface area contributed by atoms with E-state index >= 15 is 0 Å². The van der Waals surface area contributed by atoms with Crippen molar-refractivity contribution in [1.29, 1.82) is 0 Å². The summed E-state index contributed by atoms with van der Waals surface area (Å²) in [6.45, 7) is 1.77. The molecule has 3 aromatic rings. The van der Waals surface area contributed by atoms with E-state index in [1.165, 1.54) is 16.7 Å². The maximum Gasteiger partial charge on any atom is 0.326 e. The van der Waals surface area contributed by atoms with Crippen LogP contribution in [0.15, 0.2) is 40.2 Å². The molecule has 0 fully saturated rings. The molecule has 0 bridgehead atoms. The minimum absolute atomic E-state index is 0.146. The number of nitrogens with zero attached hydrogens (tertiary/aromatic N) is 2. The van der Waals surface area contributed by atoms with E-state index < -0.39 is 21.7 Å². The number of thiazole rings is 1. The van der Waals surface area contributed by atoms with Gasteiger partial charge in [-0.3, -0.25) is 9.59 Å². The Morgan fingerprint density at radius 2 is 1.96 bits per heavy atom. The molecule has 2 aromatic heterocycles. The lowest BCUT2D eigenvalue weighted by Gasteiger charge is -2.05. The van der Waals surface area contributed by atoms with Crippen molar-refractivity contribution >= 4 is 66.2 Å². The maximum atomic E-state index is 12.5. The number of esters is 1. The van der Waals surface area contributed by atoms with E-state index in [-0.39, 0.29) is 22.8 Å². The Morgan fingerprint density at radius 1 is 1.21 bits per heavy atom. The van der Waals surface area contributed by atoms with Gasteiger partial charge in [0, 0.05) is 6.26 Å². The Balaban J connectivity index is 2.16. The number of aromatic nitrogens is 1. The van der Waals surface area contributed by atoms with Crippen LogP contribution in [0.4, 0.5) is 0 Å². The number of benzene rings is 1. The summed E-state index contributed by atoms with van der Waals surface area (Å²) in [5.74, 6) is -0.980. The SMILES string of the molecule is CCOC(=O)Cn1c(=NC(=O)c2ccc(Cl)s2)sc2cc(S(C)(=O)=O)ccc21. The molecule has 1 amide bonds. The average molecular weight is 459 g/mol. The van der Waals surface area contributed by atoms with Crippen LogP contribution in [0.5, 0.6) is 0 Å². The first kappa shape index (κ1) is 20.7. The van der Waals surface area contributed by atoms with Gasteiger partial charge in [0.05, 0.1) is 30.9 Å². The molecule has 0 N–H and O–H groups in total. The molecule has 3 rings (SSSR count). The minimum Gasteiger partial charge on any atom is -0.465 e. The van der Waals surface area contributed by atoms with Crippen LogP contribution in [-0.2, 0) is 25.9 Å². The fourth-order valence-corrected chi connectivity index (χ4v) is 5.15. The van der Waals surface area contributed by atoms with Gasteiger partial charge in [0.1, 0.15) is 6.54 Å². The van der Waals surface area contributed by atoms with E-state index in [9.17, 15) is 18.0 Å². The Hall–Kier alpha value is -2.01. The lowest BCUT2D eigenvalue weighted by atomic mass is 10.3. The van der Waals surface area contributed by atoms with Crippen LogP contribution < -0.4 is 4.80 Å². The molecule has 0 saturated heterocycles. The zero-order chi connectivity index (χ0) is 20.5. The summed E-state index contributed by atoms with van der Waals surface area (Å²) in [7, 11) is -3.40. The number of hydrogen-bond acceptors (Lipinski definition) is 7. The summed E-state index contributed by atoms with van der Waals surface area (Å²) in [5.41, 5.74) is 0.584. The van der Waals surface area contributed by atoms with E-state index in [2.05, 4.69) is 4.99 Å². The number of fused-ring (bicyclic) bond motifs is 1. The smallest absolute Gasteiger partial charge is 0.326 e. The molecule has 148 valence electrons. The fourth-order valence-electron chi connectivity index (χ4n) is 2.43. The zero-order valence-corrected chi connectivity index (χ0v) is 18.0. The first-order valence-corrected chi connectivity index (χ1v) is 11.9. The molecular weight excluding hydrogens is 444 g/mol. The topological polar surface area (TPSA) is 94.8 Å². The molecule has 7 nitrogen and oxygen atoms in total. The van der Waals surface area contributed by atoms with Crippen molar-refractivity contribution in [2.75, 3.05) is 12.9 Å². The van der Waals surface area contributed by atoms with Gasteiger partial charge >= 0.3 is 5.97 Å². The predicted molar refractivity (Wildman–Crippen MR) is 109 cm³/mol. The third-order valence-electron chi connectivity index (χ3n) is 3.66. The number of halogens is 1. The molecule has 0 spiro atoms. The van der Waals surface area contributed by atoms with Crippen molar-refractivity contribution in [1.82, 2.24) is 4.57 Å². The number of sulfone groups is 1. The summed E-state index contributed by atoms with van der Waals surface area (Å²) < 4.78 is 31.2. The average Bonchev–Trinajstić information content (AvgIpc) is 3.18. The highest BCUT2D eigenvalue weighted by Gasteiger charge is 2.16. The van der Waals surface area contributed by atoms with Gasteiger partial charge in [0.15, 0.2) is 14.6 Å². The summed E-state index contributed by atoms with van der Waals surface area (Å²) in [5, 5.41) is 0. The van der Waals surface area contributed by atoms with Crippen molar-refractivity contribution in [3.63, 3.8) is 0 Å². The third kappa shape index (κ3) is 4.52. The molecule has 0 atom stereocenters. The number of carbonyl (C=O) groups is 2. The van der Waals surface area contributed by atoms with Crippen LogP contribution in [0, 0.1) is 0 Å². The lowest BCUT2D eigenvalue weighted by molar-refractivity contribution is -0.143. The maximum absolute atomic E-state index is 12.5. The van der Waals surface area contributed by atoms with Crippen LogP contribution in [0.25, 0.3) is 10.2 Å². The monoisotopic (exact) mass is 458 g/mol. The Morgan fingerprint density at radius 3 is 2.57 bits per heavy atom. The zero-order valence-electron chi connectivity index (χ0n) is 14.8. The number of carbonyl (C=O) groups excluding carboxylic acids is 2. The van der Waals surface area contributed by atoms with E-state index in [4.69, 9.17) is 16.3 Å². The van der Waals surface area contributed by atoms with Gasteiger partial charge < -0.3 is 9.30 Å². The lowest BCUT2D eigenvalue weighted by Crippen LogP contribution is -2.23. The Bertz CT molecular complexity index is 1240. The van der Waals surface area contributed by atoms with Crippen LogP contribution >= 0.6 is 34.3 Å². The summed E-state index contributed by atoms with van der Waals surface area (Å²) in [6.07, 6.45) is 1.11. The second-order valence-corrected chi connectivity index (χ2v) is 10.4. The highest BCUT2D eigenvalue weighted by Crippen LogP contribution is 2.24. The molecule has 0 radical (unpaired) electrons. The second-order valence-electron chi connectivity index (χ2n) is 5.70. The normalized spacial score (nSPS) is 12.5. The van der Waals surface area contributed by atoms with E-state index in [0.29, 0.717) is 19.4 Å². The van der Waals surface area contributed by atoms with E-state index in [1.807, 2.05) is 0 Å². The molecule has 0 unspecified atom stereocenters. The highest BCUT2D eigenvalue weighted by atomic mass is 35.5. The first-order valence-electron chi connectivity index (χ1n) is 8.02. The van der Waals surface area contributed by atoms with Gasteiger partial charge in [-0.2, -0.15) is 4.99 Å². The molecule has 0 aliphatic rings. The largest absolute Gasteiger partial charge is 0.465 e.